The summed E-state index contributed by atoms with van der Waals surface area (Å²) in [6.45, 7) is 6.79. The van der Waals surface area contributed by atoms with E-state index in [2.05, 4.69) is 13.0 Å². The van der Waals surface area contributed by atoms with Gasteiger partial charge in [-0.25, -0.2) is 0 Å². The summed E-state index contributed by atoms with van der Waals surface area (Å²) in [7, 11) is 0. The summed E-state index contributed by atoms with van der Waals surface area (Å²) >= 11 is 0. The Morgan fingerprint density at radius 2 is 1.17 bits per heavy atom. The number of unbranched alkanes of at least 4 members (excludes halogenated alkanes) is 10. The summed E-state index contributed by atoms with van der Waals surface area (Å²) in [5.41, 5.74) is 2.20. The molecule has 30 heavy (non-hydrogen) atoms. The number of carbonyl (C=O) groups excluding carboxylic acids is 2. The van der Waals surface area contributed by atoms with Crippen LogP contribution in [-0.4, -0.2) is 18.5 Å². The molecule has 0 amide bonds. The van der Waals surface area contributed by atoms with E-state index in [0.29, 0.717) is 25.2 Å². The molecular weight excluding hydrogens is 376 g/mol. The lowest BCUT2D eigenvalue weighted by Gasteiger charge is -2.07. The second-order valence-electron chi connectivity index (χ2n) is 8.41. The first kappa shape index (κ1) is 26.2. The van der Waals surface area contributed by atoms with Crippen LogP contribution in [0.25, 0.3) is 0 Å². The highest BCUT2D eigenvalue weighted by Crippen LogP contribution is 2.17. The molecule has 170 valence electrons. The summed E-state index contributed by atoms with van der Waals surface area (Å²) in [4.78, 5) is 23.7. The minimum Gasteiger partial charge on any atom is -0.466 e. The van der Waals surface area contributed by atoms with Gasteiger partial charge in [0.1, 0.15) is 5.75 Å². The minimum absolute atomic E-state index is 0.0577. The Kier molecular flexibility index (Phi) is 14.8. The molecule has 1 aromatic carbocycles. The van der Waals surface area contributed by atoms with Gasteiger partial charge in [0.2, 0.25) is 0 Å². The summed E-state index contributed by atoms with van der Waals surface area (Å²) in [5.74, 6) is 0.423. The van der Waals surface area contributed by atoms with Crippen molar-refractivity contribution in [2.45, 2.75) is 111 Å². The fourth-order valence-corrected chi connectivity index (χ4v) is 3.56. The predicted molar refractivity (Wildman–Crippen MR) is 123 cm³/mol. The lowest BCUT2D eigenvalue weighted by molar-refractivity contribution is -0.144. The first-order valence-corrected chi connectivity index (χ1v) is 12.0. The zero-order valence-corrected chi connectivity index (χ0v) is 19.5. The Morgan fingerprint density at radius 1 is 0.667 bits per heavy atom. The van der Waals surface area contributed by atoms with E-state index in [4.69, 9.17) is 9.47 Å². The summed E-state index contributed by atoms with van der Waals surface area (Å²) in [5, 5.41) is 0. The zero-order chi connectivity index (χ0) is 22.0. The maximum Gasteiger partial charge on any atom is 0.311 e. The molecule has 0 spiro atoms. The van der Waals surface area contributed by atoms with Crippen molar-refractivity contribution in [1.29, 1.82) is 0 Å². The third kappa shape index (κ3) is 14.2. The number of carbonyl (C=O) groups is 2. The molecule has 1 aromatic rings. The standard InChI is InChI=1S/C26H42O4/c1-4-5-6-7-12-15-18-29-25(27)16-13-10-8-9-11-14-17-26(28)30-24-20-22(2)19-23(3)21-24/h19-21H,4-18H2,1-3H3. The van der Waals surface area contributed by atoms with Crippen LogP contribution in [0.4, 0.5) is 0 Å². The second kappa shape index (κ2) is 16.9. The van der Waals surface area contributed by atoms with Crippen molar-refractivity contribution in [3.8, 4) is 5.75 Å². The van der Waals surface area contributed by atoms with Gasteiger partial charge in [0, 0.05) is 12.8 Å². The lowest BCUT2D eigenvalue weighted by Crippen LogP contribution is -2.07. The number of benzene rings is 1. The first-order valence-electron chi connectivity index (χ1n) is 12.0. The highest BCUT2D eigenvalue weighted by molar-refractivity contribution is 5.72. The molecule has 4 nitrogen and oxygen atoms in total. The van der Waals surface area contributed by atoms with Crippen LogP contribution >= 0.6 is 0 Å². The molecule has 0 aromatic heterocycles. The van der Waals surface area contributed by atoms with Crippen LogP contribution in [-0.2, 0) is 14.3 Å². The van der Waals surface area contributed by atoms with Gasteiger partial charge in [0.05, 0.1) is 6.61 Å². The Balaban J connectivity index is 1.92. The van der Waals surface area contributed by atoms with E-state index >= 15 is 0 Å². The Bertz CT molecular complexity index is 589. The fourth-order valence-electron chi connectivity index (χ4n) is 3.56. The molecule has 0 aliphatic heterocycles. The van der Waals surface area contributed by atoms with E-state index in [9.17, 15) is 9.59 Å². The fraction of sp³-hybridized carbons (Fsp3) is 0.692. The monoisotopic (exact) mass is 418 g/mol. The van der Waals surface area contributed by atoms with Gasteiger partial charge in [-0.15, -0.1) is 0 Å². The molecule has 0 saturated carbocycles. The van der Waals surface area contributed by atoms with Crippen molar-refractivity contribution >= 4 is 11.9 Å². The van der Waals surface area contributed by atoms with Crippen LogP contribution in [0.1, 0.15) is 108 Å². The molecule has 0 atom stereocenters. The number of hydrogen-bond donors (Lipinski definition) is 0. The summed E-state index contributed by atoms with van der Waals surface area (Å²) in [6, 6.07) is 5.85. The van der Waals surface area contributed by atoms with Gasteiger partial charge in [0.25, 0.3) is 0 Å². The van der Waals surface area contributed by atoms with Crippen molar-refractivity contribution < 1.29 is 19.1 Å². The number of esters is 2. The molecule has 0 aliphatic carbocycles. The molecule has 0 fully saturated rings. The Hall–Kier alpha value is -1.84. The van der Waals surface area contributed by atoms with Crippen molar-refractivity contribution in [2.75, 3.05) is 6.61 Å². The van der Waals surface area contributed by atoms with Gasteiger partial charge in [-0.1, -0.05) is 70.8 Å². The van der Waals surface area contributed by atoms with E-state index < -0.39 is 0 Å². The van der Waals surface area contributed by atoms with Gasteiger partial charge < -0.3 is 9.47 Å². The molecule has 0 heterocycles. The van der Waals surface area contributed by atoms with Crippen molar-refractivity contribution in [2.24, 2.45) is 0 Å². The van der Waals surface area contributed by atoms with Crippen molar-refractivity contribution in [1.82, 2.24) is 0 Å². The van der Waals surface area contributed by atoms with Crippen molar-refractivity contribution in [3.05, 3.63) is 29.3 Å². The predicted octanol–water partition coefficient (Wildman–Crippen LogP) is 7.23. The zero-order valence-electron chi connectivity index (χ0n) is 19.5. The molecule has 0 bridgehead atoms. The number of hydrogen-bond acceptors (Lipinski definition) is 4. The van der Waals surface area contributed by atoms with Gasteiger partial charge >= 0.3 is 11.9 Å². The molecule has 1 rings (SSSR count). The lowest BCUT2D eigenvalue weighted by atomic mass is 10.1. The molecular formula is C26H42O4. The van der Waals surface area contributed by atoms with E-state index in [-0.39, 0.29) is 11.9 Å². The maximum absolute atomic E-state index is 11.9. The highest BCUT2D eigenvalue weighted by atomic mass is 16.5. The SMILES string of the molecule is CCCCCCCCOC(=O)CCCCCCCCC(=O)Oc1cc(C)cc(C)c1. The molecule has 0 aliphatic rings. The Labute approximate surface area is 183 Å². The van der Waals surface area contributed by atoms with Crippen LogP contribution in [0, 0.1) is 13.8 Å². The largest absolute Gasteiger partial charge is 0.466 e. The smallest absolute Gasteiger partial charge is 0.311 e. The molecule has 0 N–H and O–H groups in total. The van der Waals surface area contributed by atoms with Crippen LogP contribution < -0.4 is 4.74 Å². The molecule has 0 saturated heterocycles. The third-order valence-electron chi connectivity index (χ3n) is 5.20. The average molecular weight is 419 g/mol. The van der Waals surface area contributed by atoms with E-state index in [0.717, 1.165) is 62.5 Å². The van der Waals surface area contributed by atoms with Gasteiger partial charge in [-0.3, -0.25) is 9.59 Å². The van der Waals surface area contributed by atoms with E-state index in [1.54, 1.807) is 0 Å². The van der Waals surface area contributed by atoms with E-state index in [1.165, 1.54) is 25.7 Å². The average Bonchev–Trinajstić information content (AvgIpc) is 2.68. The topological polar surface area (TPSA) is 52.6 Å². The normalized spacial score (nSPS) is 10.8. The number of ether oxygens (including phenoxy) is 2. The third-order valence-corrected chi connectivity index (χ3v) is 5.20. The Morgan fingerprint density at radius 3 is 1.77 bits per heavy atom. The van der Waals surface area contributed by atoms with Gasteiger partial charge in [-0.2, -0.15) is 0 Å². The highest BCUT2D eigenvalue weighted by Gasteiger charge is 2.06. The number of rotatable bonds is 17. The van der Waals surface area contributed by atoms with Gasteiger partial charge in [-0.05, 0) is 56.4 Å². The molecule has 0 radical (unpaired) electrons. The van der Waals surface area contributed by atoms with Crippen LogP contribution in [0.5, 0.6) is 5.75 Å². The van der Waals surface area contributed by atoms with Crippen LogP contribution in [0.2, 0.25) is 0 Å². The van der Waals surface area contributed by atoms with Crippen LogP contribution in [0.3, 0.4) is 0 Å². The minimum atomic E-state index is -0.159. The summed E-state index contributed by atoms with van der Waals surface area (Å²) < 4.78 is 10.7. The van der Waals surface area contributed by atoms with Crippen molar-refractivity contribution in [3.63, 3.8) is 0 Å². The van der Waals surface area contributed by atoms with Crippen LogP contribution in [0.15, 0.2) is 18.2 Å². The second-order valence-corrected chi connectivity index (χ2v) is 8.41. The van der Waals surface area contributed by atoms with Gasteiger partial charge in [0.15, 0.2) is 0 Å². The first-order chi connectivity index (χ1) is 14.5. The molecule has 0 unspecified atom stereocenters. The number of aryl methyl sites for hydroxylation is 2. The summed E-state index contributed by atoms with van der Waals surface area (Å²) in [6.07, 6.45) is 14.2. The quantitative estimate of drug-likeness (QED) is 0.152. The van der Waals surface area contributed by atoms with E-state index in [1.807, 2.05) is 26.0 Å². The molecule has 4 heteroatoms. The maximum atomic E-state index is 11.9.